The number of aromatic nitrogens is 2. The number of thiophene rings is 1. The molecule has 4 heterocycles. The maximum atomic E-state index is 13.4. The largest absolute Gasteiger partial charge is 0.325 e. The first-order valence-corrected chi connectivity index (χ1v) is 11.1. The van der Waals surface area contributed by atoms with Gasteiger partial charge in [0.2, 0.25) is 0 Å². The van der Waals surface area contributed by atoms with Crippen molar-refractivity contribution in [3.05, 3.63) is 69.3 Å². The van der Waals surface area contributed by atoms with Crippen molar-refractivity contribution in [2.75, 3.05) is 6.54 Å². The number of ketones is 1. The van der Waals surface area contributed by atoms with Crippen LogP contribution in [0.4, 0.5) is 4.79 Å². The Morgan fingerprint density at radius 1 is 1.26 bits per heavy atom. The third kappa shape index (κ3) is 2.93. The number of imide groups is 1. The van der Waals surface area contributed by atoms with E-state index in [-0.39, 0.29) is 18.2 Å². The fraction of sp³-hybridized carbons (Fsp3) is 0.304. The van der Waals surface area contributed by atoms with E-state index in [2.05, 4.69) is 10.3 Å². The van der Waals surface area contributed by atoms with E-state index in [0.717, 1.165) is 45.4 Å². The maximum Gasteiger partial charge on any atom is 0.325 e. The molecule has 1 aliphatic carbocycles. The van der Waals surface area contributed by atoms with Crippen LogP contribution in [-0.4, -0.2) is 38.7 Å². The number of carbonyl (C=O) groups is 3. The predicted octanol–water partition coefficient (Wildman–Crippen LogP) is 3.52. The summed E-state index contributed by atoms with van der Waals surface area (Å²) < 4.78 is 1.90. The van der Waals surface area contributed by atoms with Gasteiger partial charge in [0.25, 0.3) is 5.91 Å². The van der Waals surface area contributed by atoms with Crippen molar-refractivity contribution >= 4 is 29.1 Å². The number of pyridine rings is 1. The van der Waals surface area contributed by atoms with Crippen LogP contribution in [0, 0.1) is 13.8 Å². The van der Waals surface area contributed by atoms with Gasteiger partial charge in [-0.25, -0.2) is 9.78 Å². The summed E-state index contributed by atoms with van der Waals surface area (Å²) in [6.45, 7) is 3.47. The molecule has 2 aliphatic rings. The molecule has 1 N–H and O–H groups in total. The second kappa shape index (κ2) is 7.16. The lowest BCUT2D eigenvalue weighted by atomic mass is 9.80. The zero-order valence-corrected chi connectivity index (χ0v) is 18.2. The van der Waals surface area contributed by atoms with Crippen molar-refractivity contribution in [1.82, 2.24) is 19.8 Å². The van der Waals surface area contributed by atoms with Crippen LogP contribution >= 0.6 is 11.3 Å². The molecular weight excluding hydrogens is 412 g/mol. The van der Waals surface area contributed by atoms with Gasteiger partial charge in [0.15, 0.2) is 5.78 Å². The molecule has 5 rings (SSSR count). The summed E-state index contributed by atoms with van der Waals surface area (Å²) in [7, 11) is 0. The minimum absolute atomic E-state index is 0.266. The van der Waals surface area contributed by atoms with Gasteiger partial charge in [-0.15, -0.1) is 11.3 Å². The SMILES string of the molecule is Cc1cc(C(=O)CN2C(=O)N[C@@]3(CCCc4sccc43)C2=O)c(C)n1-c1ccccn1. The Labute approximate surface area is 183 Å². The smallest absolute Gasteiger partial charge is 0.319 e. The van der Waals surface area contributed by atoms with Gasteiger partial charge in [0.1, 0.15) is 11.4 Å². The van der Waals surface area contributed by atoms with Gasteiger partial charge in [0, 0.05) is 33.6 Å². The van der Waals surface area contributed by atoms with E-state index in [1.165, 1.54) is 0 Å². The molecule has 0 radical (unpaired) electrons. The number of urea groups is 1. The molecule has 158 valence electrons. The molecule has 0 bridgehead atoms. The van der Waals surface area contributed by atoms with E-state index in [1.54, 1.807) is 23.6 Å². The molecule has 1 spiro atoms. The predicted molar refractivity (Wildman–Crippen MR) is 117 cm³/mol. The molecule has 1 fully saturated rings. The molecule has 31 heavy (non-hydrogen) atoms. The second-order valence-corrected chi connectivity index (χ2v) is 9.07. The maximum absolute atomic E-state index is 13.4. The first-order valence-electron chi connectivity index (χ1n) is 10.3. The molecule has 1 atom stereocenters. The summed E-state index contributed by atoms with van der Waals surface area (Å²) in [4.78, 5) is 45.9. The summed E-state index contributed by atoms with van der Waals surface area (Å²) in [6.07, 6.45) is 3.99. The van der Waals surface area contributed by atoms with Crippen molar-refractivity contribution in [3.8, 4) is 5.82 Å². The van der Waals surface area contributed by atoms with E-state index in [0.29, 0.717) is 12.0 Å². The number of nitrogens with one attached hydrogen (secondary N) is 1. The number of fused-ring (bicyclic) bond motifs is 2. The van der Waals surface area contributed by atoms with Crippen molar-refractivity contribution in [1.29, 1.82) is 0 Å². The fourth-order valence-electron chi connectivity index (χ4n) is 4.80. The Morgan fingerprint density at radius 2 is 2.10 bits per heavy atom. The number of nitrogens with zero attached hydrogens (tertiary/aromatic N) is 3. The Morgan fingerprint density at radius 3 is 2.87 bits per heavy atom. The highest BCUT2D eigenvalue weighted by molar-refractivity contribution is 7.10. The summed E-state index contributed by atoms with van der Waals surface area (Å²) in [5, 5.41) is 4.86. The minimum Gasteiger partial charge on any atom is -0.319 e. The first-order chi connectivity index (χ1) is 14.9. The van der Waals surface area contributed by atoms with E-state index in [1.807, 2.05) is 48.1 Å². The molecule has 8 heteroatoms. The lowest BCUT2D eigenvalue weighted by Crippen LogP contribution is -2.46. The summed E-state index contributed by atoms with van der Waals surface area (Å²) >= 11 is 1.61. The third-order valence-electron chi connectivity index (χ3n) is 6.25. The van der Waals surface area contributed by atoms with Crippen molar-refractivity contribution in [2.45, 2.75) is 38.6 Å². The molecule has 0 saturated carbocycles. The summed E-state index contributed by atoms with van der Waals surface area (Å²) in [5.41, 5.74) is 1.94. The van der Waals surface area contributed by atoms with E-state index in [4.69, 9.17) is 0 Å². The third-order valence-corrected chi connectivity index (χ3v) is 7.23. The number of amides is 3. The van der Waals surface area contributed by atoms with Crippen molar-refractivity contribution < 1.29 is 14.4 Å². The standard InChI is InChI=1S/C23H22N4O3S/c1-14-12-16(15(2)27(14)20-7-3-4-10-24-20)18(28)13-26-21(29)23(25-22(26)30)9-5-6-19-17(23)8-11-31-19/h3-4,7-8,10-12H,5-6,9,13H2,1-2H3,(H,25,30)/t23-/m1/s1. The highest BCUT2D eigenvalue weighted by atomic mass is 32.1. The van der Waals surface area contributed by atoms with Gasteiger partial charge in [0.05, 0.1) is 6.54 Å². The summed E-state index contributed by atoms with van der Waals surface area (Å²) in [6, 6.07) is 8.80. The van der Waals surface area contributed by atoms with Gasteiger partial charge in [-0.05, 0) is 62.8 Å². The lowest BCUT2D eigenvalue weighted by Gasteiger charge is -2.31. The molecular formula is C23H22N4O3S. The number of hydrogen-bond acceptors (Lipinski definition) is 5. The van der Waals surface area contributed by atoms with Crippen LogP contribution in [0.15, 0.2) is 41.9 Å². The topological polar surface area (TPSA) is 84.3 Å². The van der Waals surface area contributed by atoms with E-state index < -0.39 is 11.6 Å². The lowest BCUT2D eigenvalue weighted by molar-refractivity contribution is -0.131. The molecule has 3 amide bonds. The average molecular weight is 435 g/mol. The first kappa shape index (κ1) is 19.7. The average Bonchev–Trinajstić information content (AvgIpc) is 3.42. The quantitative estimate of drug-likeness (QED) is 0.503. The van der Waals surface area contributed by atoms with Gasteiger partial charge in [-0.1, -0.05) is 6.07 Å². The molecule has 7 nitrogen and oxygen atoms in total. The molecule has 3 aromatic heterocycles. The van der Waals surface area contributed by atoms with Gasteiger partial charge >= 0.3 is 6.03 Å². The zero-order chi connectivity index (χ0) is 21.8. The van der Waals surface area contributed by atoms with Crippen molar-refractivity contribution in [3.63, 3.8) is 0 Å². The number of Topliss-reactive ketones (excluding diaryl/α,β-unsaturated/α-hetero) is 1. The van der Waals surface area contributed by atoms with Crippen molar-refractivity contribution in [2.24, 2.45) is 0 Å². The van der Waals surface area contributed by atoms with Gasteiger partial charge in [-0.2, -0.15) is 0 Å². The summed E-state index contributed by atoms with van der Waals surface area (Å²) in [5.74, 6) is 0.124. The Kier molecular flexibility index (Phi) is 4.55. The van der Waals surface area contributed by atoms with Crippen LogP contribution in [0.5, 0.6) is 0 Å². The Balaban J connectivity index is 1.44. The van der Waals surface area contributed by atoms with E-state index in [9.17, 15) is 14.4 Å². The fourth-order valence-corrected chi connectivity index (χ4v) is 5.80. The highest BCUT2D eigenvalue weighted by Crippen LogP contribution is 2.42. The van der Waals surface area contributed by atoms with E-state index >= 15 is 0 Å². The number of aryl methyl sites for hydroxylation is 2. The van der Waals surface area contributed by atoms with Crippen LogP contribution in [0.1, 0.15) is 45.0 Å². The van der Waals surface area contributed by atoms with Crippen LogP contribution in [0.25, 0.3) is 5.82 Å². The highest BCUT2D eigenvalue weighted by Gasteiger charge is 2.54. The Hall–Kier alpha value is -3.26. The minimum atomic E-state index is -1.03. The molecule has 3 aromatic rings. The normalized spacial score (nSPS) is 20.3. The second-order valence-electron chi connectivity index (χ2n) is 8.07. The number of hydrogen-bond donors (Lipinski definition) is 1. The van der Waals surface area contributed by atoms with Crippen LogP contribution in [-0.2, 0) is 16.8 Å². The van der Waals surface area contributed by atoms with Crippen LogP contribution < -0.4 is 5.32 Å². The van der Waals surface area contributed by atoms with Crippen LogP contribution in [0.3, 0.4) is 0 Å². The number of carbonyl (C=O) groups excluding carboxylic acids is 3. The van der Waals surface area contributed by atoms with Gasteiger partial charge < -0.3 is 9.88 Å². The monoisotopic (exact) mass is 434 g/mol. The Bertz CT molecular complexity index is 1210. The molecule has 1 saturated heterocycles. The molecule has 0 aromatic carbocycles. The molecule has 0 unspecified atom stereocenters. The molecule has 1 aliphatic heterocycles. The van der Waals surface area contributed by atoms with Crippen LogP contribution in [0.2, 0.25) is 0 Å². The number of rotatable bonds is 4. The van der Waals surface area contributed by atoms with Gasteiger partial charge in [-0.3, -0.25) is 14.5 Å². The zero-order valence-electron chi connectivity index (χ0n) is 17.3.